The molecule has 3 rings (SSSR count). The van der Waals surface area contributed by atoms with Crippen molar-refractivity contribution in [1.82, 2.24) is 15.0 Å². The van der Waals surface area contributed by atoms with Crippen LogP contribution < -0.4 is 10.5 Å². The van der Waals surface area contributed by atoms with Gasteiger partial charge < -0.3 is 10.5 Å². The van der Waals surface area contributed by atoms with Crippen LogP contribution in [0.25, 0.3) is 11.3 Å². The number of anilines is 1. The maximum atomic E-state index is 5.62. The zero-order chi connectivity index (χ0) is 17.6. The molecular weight excluding hydrogens is 312 g/mol. The zero-order valence-electron chi connectivity index (χ0n) is 14.2. The molecule has 0 amide bonds. The molecule has 5 nitrogen and oxygen atoms in total. The summed E-state index contributed by atoms with van der Waals surface area (Å²) in [4.78, 5) is 12.9. The molecule has 0 saturated carbocycles. The topological polar surface area (TPSA) is 73.9 Å². The molecular formula is C20H18N4O. The number of nitrogens with two attached hydrogens (primary N) is 1. The van der Waals surface area contributed by atoms with E-state index in [9.17, 15) is 0 Å². The van der Waals surface area contributed by atoms with Crippen LogP contribution in [0.1, 0.15) is 23.7 Å². The van der Waals surface area contributed by atoms with Crippen LogP contribution in [0.3, 0.4) is 0 Å². The third kappa shape index (κ3) is 3.75. The number of rotatable bonds is 3. The van der Waals surface area contributed by atoms with Gasteiger partial charge in [-0.15, -0.1) is 0 Å². The molecule has 0 aliphatic rings. The van der Waals surface area contributed by atoms with Gasteiger partial charge >= 0.3 is 0 Å². The van der Waals surface area contributed by atoms with Crippen molar-refractivity contribution in [3.63, 3.8) is 0 Å². The minimum Gasteiger partial charge on any atom is -0.497 e. The summed E-state index contributed by atoms with van der Waals surface area (Å²) in [5.41, 5.74) is 9.86. The van der Waals surface area contributed by atoms with E-state index in [0.29, 0.717) is 5.82 Å². The van der Waals surface area contributed by atoms with Crippen molar-refractivity contribution < 1.29 is 4.74 Å². The first-order chi connectivity index (χ1) is 12.2. The fourth-order valence-electron chi connectivity index (χ4n) is 2.42. The Balaban J connectivity index is 2.10. The van der Waals surface area contributed by atoms with Gasteiger partial charge in [0.15, 0.2) is 0 Å². The maximum absolute atomic E-state index is 5.62. The summed E-state index contributed by atoms with van der Waals surface area (Å²) in [6.07, 6.45) is 4.00. The lowest BCUT2D eigenvalue weighted by molar-refractivity contribution is 0.415. The highest BCUT2D eigenvalue weighted by atomic mass is 16.5. The van der Waals surface area contributed by atoms with Crippen LogP contribution in [0.2, 0.25) is 0 Å². The molecule has 1 aromatic carbocycles. The average Bonchev–Trinajstić information content (AvgIpc) is 2.67. The van der Waals surface area contributed by atoms with Gasteiger partial charge in [-0.25, -0.2) is 15.0 Å². The molecule has 0 saturated heterocycles. The second-order valence-electron chi connectivity index (χ2n) is 5.35. The maximum Gasteiger partial charge on any atom is 0.123 e. The average molecular weight is 330 g/mol. The van der Waals surface area contributed by atoms with Crippen LogP contribution >= 0.6 is 0 Å². The largest absolute Gasteiger partial charge is 0.497 e. The predicted molar refractivity (Wildman–Crippen MR) is 98.0 cm³/mol. The van der Waals surface area contributed by atoms with Gasteiger partial charge in [0.05, 0.1) is 24.1 Å². The lowest BCUT2D eigenvalue weighted by Gasteiger charge is -2.08. The Morgan fingerprint density at radius 3 is 2.68 bits per heavy atom. The molecule has 0 bridgehead atoms. The Morgan fingerprint density at radius 1 is 1.08 bits per heavy atom. The standard InChI is InChI=1S/C20H18N4O/c1-3-18-17(9-7-14-8-10-19(21)22-12-14)20(24-13-23-18)15-5-4-6-16(11-15)25-2/h4-6,8,10-13H,3H2,1-2H3,(H2,21,22). The fraction of sp³-hybridized carbons (Fsp3) is 0.150. The van der Waals surface area contributed by atoms with E-state index < -0.39 is 0 Å². The van der Waals surface area contributed by atoms with Crippen LogP contribution in [0.4, 0.5) is 5.82 Å². The smallest absolute Gasteiger partial charge is 0.123 e. The van der Waals surface area contributed by atoms with E-state index in [-0.39, 0.29) is 0 Å². The Bertz CT molecular complexity index is 940. The number of ether oxygens (including phenoxy) is 1. The lowest BCUT2D eigenvalue weighted by atomic mass is 10.0. The Labute approximate surface area is 146 Å². The number of hydrogen-bond donors (Lipinski definition) is 1. The van der Waals surface area contributed by atoms with E-state index in [2.05, 4.69) is 26.8 Å². The lowest BCUT2D eigenvalue weighted by Crippen LogP contribution is -1.99. The molecule has 3 aromatic rings. The van der Waals surface area contributed by atoms with E-state index in [1.807, 2.05) is 37.3 Å². The van der Waals surface area contributed by atoms with Crippen molar-refractivity contribution in [1.29, 1.82) is 0 Å². The Hall–Kier alpha value is -3.39. The van der Waals surface area contributed by atoms with E-state index >= 15 is 0 Å². The Morgan fingerprint density at radius 2 is 1.96 bits per heavy atom. The van der Waals surface area contributed by atoms with Gasteiger partial charge in [-0.2, -0.15) is 0 Å². The first-order valence-electron chi connectivity index (χ1n) is 7.93. The van der Waals surface area contributed by atoms with Crippen LogP contribution in [0, 0.1) is 11.8 Å². The summed E-state index contributed by atoms with van der Waals surface area (Å²) in [6.45, 7) is 2.05. The van der Waals surface area contributed by atoms with Gasteiger partial charge in [0.1, 0.15) is 17.9 Å². The second-order valence-corrected chi connectivity index (χ2v) is 5.35. The van der Waals surface area contributed by atoms with E-state index in [1.54, 1.807) is 25.7 Å². The number of methoxy groups -OCH3 is 1. The van der Waals surface area contributed by atoms with Crippen LogP contribution in [-0.4, -0.2) is 22.1 Å². The minimum atomic E-state index is 0.472. The van der Waals surface area contributed by atoms with Crippen molar-refractivity contribution in [2.75, 3.05) is 12.8 Å². The summed E-state index contributed by atoms with van der Waals surface area (Å²) < 4.78 is 5.31. The molecule has 0 aliphatic heterocycles. The summed E-state index contributed by atoms with van der Waals surface area (Å²) in [7, 11) is 1.64. The van der Waals surface area contributed by atoms with Crippen molar-refractivity contribution in [3.8, 4) is 28.8 Å². The molecule has 2 aromatic heterocycles. The quantitative estimate of drug-likeness (QED) is 0.747. The molecule has 2 heterocycles. The van der Waals surface area contributed by atoms with Crippen LogP contribution in [0.5, 0.6) is 5.75 Å². The third-order valence-corrected chi connectivity index (χ3v) is 3.72. The highest BCUT2D eigenvalue weighted by Crippen LogP contribution is 2.26. The normalized spacial score (nSPS) is 10.0. The SMILES string of the molecule is CCc1ncnc(-c2cccc(OC)c2)c1C#Cc1ccc(N)nc1. The number of benzene rings is 1. The fourth-order valence-corrected chi connectivity index (χ4v) is 2.42. The molecule has 0 atom stereocenters. The summed E-state index contributed by atoms with van der Waals surface area (Å²) in [5, 5.41) is 0. The molecule has 0 aliphatic carbocycles. The predicted octanol–water partition coefficient (Wildman–Crippen LogP) is 3.09. The number of aryl methyl sites for hydroxylation is 1. The number of hydrogen-bond acceptors (Lipinski definition) is 5. The van der Waals surface area contributed by atoms with E-state index in [0.717, 1.165) is 40.2 Å². The van der Waals surface area contributed by atoms with Crippen LogP contribution in [0.15, 0.2) is 48.9 Å². The van der Waals surface area contributed by atoms with Gasteiger partial charge in [-0.05, 0) is 30.7 Å². The monoisotopic (exact) mass is 330 g/mol. The highest BCUT2D eigenvalue weighted by Gasteiger charge is 2.11. The van der Waals surface area contributed by atoms with Crippen molar-refractivity contribution >= 4 is 5.82 Å². The summed E-state index contributed by atoms with van der Waals surface area (Å²) in [6, 6.07) is 11.3. The second kappa shape index (κ2) is 7.45. The number of nitrogen functional groups attached to an aromatic ring is 1. The van der Waals surface area contributed by atoms with Gasteiger partial charge in [0, 0.05) is 17.3 Å². The van der Waals surface area contributed by atoms with E-state index in [1.165, 1.54) is 0 Å². The van der Waals surface area contributed by atoms with Crippen molar-refractivity contribution in [2.24, 2.45) is 0 Å². The van der Waals surface area contributed by atoms with Crippen molar-refractivity contribution in [2.45, 2.75) is 13.3 Å². The van der Waals surface area contributed by atoms with Crippen LogP contribution in [-0.2, 0) is 6.42 Å². The molecule has 0 radical (unpaired) electrons. The van der Waals surface area contributed by atoms with E-state index in [4.69, 9.17) is 10.5 Å². The first-order valence-corrected chi connectivity index (χ1v) is 7.93. The highest BCUT2D eigenvalue weighted by molar-refractivity contribution is 5.69. The Kier molecular flexibility index (Phi) is 4.91. The summed E-state index contributed by atoms with van der Waals surface area (Å²) in [5.74, 6) is 7.58. The van der Waals surface area contributed by atoms with Gasteiger partial charge in [0.2, 0.25) is 0 Å². The molecule has 0 unspecified atom stereocenters. The molecule has 25 heavy (non-hydrogen) atoms. The first kappa shape index (κ1) is 16.5. The van der Waals surface area contributed by atoms with Gasteiger partial charge in [-0.1, -0.05) is 30.9 Å². The molecule has 0 fully saturated rings. The van der Waals surface area contributed by atoms with Gasteiger partial charge in [-0.3, -0.25) is 0 Å². The third-order valence-electron chi connectivity index (χ3n) is 3.72. The molecule has 0 spiro atoms. The molecule has 2 N–H and O–H groups in total. The molecule has 5 heteroatoms. The van der Waals surface area contributed by atoms with Gasteiger partial charge in [0.25, 0.3) is 0 Å². The number of aromatic nitrogens is 3. The minimum absolute atomic E-state index is 0.472. The zero-order valence-corrected chi connectivity index (χ0v) is 14.2. The van der Waals surface area contributed by atoms with Crippen molar-refractivity contribution in [3.05, 3.63) is 65.7 Å². The summed E-state index contributed by atoms with van der Waals surface area (Å²) >= 11 is 0. The number of pyridine rings is 1. The number of nitrogens with zero attached hydrogens (tertiary/aromatic N) is 3. The molecule has 124 valence electrons.